The molecule has 0 aliphatic carbocycles. The van der Waals surface area contributed by atoms with E-state index >= 15 is 0 Å². The molecule has 1 aliphatic rings. The number of benzene rings is 1. The van der Waals surface area contributed by atoms with Crippen molar-refractivity contribution in [2.45, 2.75) is 26.2 Å². The first-order valence-electron chi connectivity index (χ1n) is 7.51. The molecular weight excluding hydrogens is 318 g/mol. The minimum atomic E-state index is -0.258. The molecule has 6 heteroatoms. The Labute approximate surface area is 141 Å². The van der Waals surface area contributed by atoms with Crippen LogP contribution in [0.25, 0.3) is 10.2 Å². The van der Waals surface area contributed by atoms with Crippen molar-refractivity contribution < 1.29 is 4.79 Å². The van der Waals surface area contributed by atoms with Gasteiger partial charge in [-0.05, 0) is 38.4 Å². The van der Waals surface area contributed by atoms with Gasteiger partial charge in [0.25, 0.3) is 0 Å². The summed E-state index contributed by atoms with van der Waals surface area (Å²) in [6.45, 7) is 4.51. The van der Waals surface area contributed by atoms with Crippen LogP contribution in [0.3, 0.4) is 0 Å². The third-order valence-electron chi connectivity index (χ3n) is 4.11. The zero-order valence-corrected chi connectivity index (χ0v) is 14.4. The van der Waals surface area contributed by atoms with Crippen LogP contribution in [-0.2, 0) is 11.2 Å². The van der Waals surface area contributed by atoms with Gasteiger partial charge < -0.3 is 10.6 Å². The highest BCUT2D eigenvalue weighted by molar-refractivity contribution is 7.18. The zero-order chi connectivity index (χ0) is 14.7. The van der Waals surface area contributed by atoms with Gasteiger partial charge in [-0.1, -0.05) is 12.1 Å². The summed E-state index contributed by atoms with van der Waals surface area (Å²) < 4.78 is 1.21. The number of thiazole rings is 1. The average Bonchev–Trinajstić information content (AvgIpc) is 2.90. The number of fused-ring (bicyclic) bond motifs is 1. The van der Waals surface area contributed by atoms with Crippen molar-refractivity contribution in [1.29, 1.82) is 0 Å². The van der Waals surface area contributed by atoms with E-state index in [2.05, 4.69) is 21.7 Å². The molecule has 2 heterocycles. The molecule has 1 amide bonds. The molecule has 0 spiro atoms. The number of carbonyl (C=O) groups excluding carboxylic acids is 1. The van der Waals surface area contributed by atoms with Gasteiger partial charge in [0.2, 0.25) is 5.91 Å². The molecule has 1 atom stereocenters. The van der Waals surface area contributed by atoms with Gasteiger partial charge in [-0.15, -0.1) is 23.7 Å². The topological polar surface area (TPSA) is 54.0 Å². The van der Waals surface area contributed by atoms with E-state index < -0.39 is 0 Å². The molecule has 1 aliphatic heterocycles. The third kappa shape index (κ3) is 3.77. The largest absolute Gasteiger partial charge is 0.355 e. The van der Waals surface area contributed by atoms with Crippen LogP contribution in [-0.4, -0.2) is 30.5 Å². The fourth-order valence-electron chi connectivity index (χ4n) is 2.77. The quantitative estimate of drug-likeness (QED) is 0.900. The second-order valence-electron chi connectivity index (χ2n) is 5.92. The van der Waals surface area contributed by atoms with E-state index in [0.29, 0.717) is 6.54 Å². The number of hydrogen-bond acceptors (Lipinski definition) is 4. The number of aromatic nitrogens is 1. The van der Waals surface area contributed by atoms with Crippen LogP contribution in [0.2, 0.25) is 0 Å². The summed E-state index contributed by atoms with van der Waals surface area (Å²) in [5.41, 5.74) is 0.790. The first-order valence-corrected chi connectivity index (χ1v) is 8.32. The minimum Gasteiger partial charge on any atom is -0.355 e. The lowest BCUT2D eigenvalue weighted by Crippen LogP contribution is -2.49. The Bertz CT molecular complexity index is 604. The Morgan fingerprint density at radius 3 is 3.00 bits per heavy atom. The number of nitrogens with zero attached hydrogens (tertiary/aromatic N) is 1. The Morgan fingerprint density at radius 1 is 1.45 bits per heavy atom. The highest BCUT2D eigenvalue weighted by atomic mass is 35.5. The van der Waals surface area contributed by atoms with E-state index in [1.807, 2.05) is 25.1 Å². The van der Waals surface area contributed by atoms with Crippen LogP contribution in [0.1, 0.15) is 24.8 Å². The molecule has 22 heavy (non-hydrogen) atoms. The zero-order valence-electron chi connectivity index (χ0n) is 12.7. The van der Waals surface area contributed by atoms with Gasteiger partial charge in [-0.2, -0.15) is 0 Å². The summed E-state index contributed by atoms with van der Waals surface area (Å²) in [4.78, 5) is 16.9. The van der Waals surface area contributed by atoms with Crippen molar-refractivity contribution in [2.75, 3.05) is 19.6 Å². The molecule has 4 nitrogen and oxygen atoms in total. The average molecular weight is 340 g/mol. The van der Waals surface area contributed by atoms with Gasteiger partial charge in [-0.3, -0.25) is 4.79 Å². The number of amides is 1. The SMILES string of the molecule is CC1(C(=O)NCCc2nc3ccccc3s2)CCCNC1.Cl. The predicted molar refractivity (Wildman–Crippen MR) is 93.8 cm³/mol. The number of hydrogen-bond donors (Lipinski definition) is 2. The van der Waals surface area contributed by atoms with Crippen molar-refractivity contribution in [2.24, 2.45) is 5.41 Å². The highest BCUT2D eigenvalue weighted by Gasteiger charge is 2.34. The van der Waals surface area contributed by atoms with Gasteiger partial charge in [0.05, 0.1) is 20.6 Å². The molecule has 0 radical (unpaired) electrons. The second-order valence-corrected chi connectivity index (χ2v) is 7.04. The van der Waals surface area contributed by atoms with Crippen LogP contribution >= 0.6 is 23.7 Å². The van der Waals surface area contributed by atoms with Crippen LogP contribution in [0.15, 0.2) is 24.3 Å². The molecule has 0 bridgehead atoms. The smallest absolute Gasteiger partial charge is 0.227 e. The minimum absolute atomic E-state index is 0. The standard InChI is InChI=1S/C16H21N3OS.ClH/c1-16(8-4-9-17-11-16)15(20)18-10-7-14-19-12-5-2-3-6-13(12)21-14;/h2-3,5-6,17H,4,7-11H2,1H3,(H,18,20);1H. The second kappa shape index (κ2) is 7.40. The summed E-state index contributed by atoms with van der Waals surface area (Å²) in [5, 5.41) is 7.47. The van der Waals surface area contributed by atoms with Gasteiger partial charge >= 0.3 is 0 Å². The first kappa shape index (κ1) is 17.2. The summed E-state index contributed by atoms with van der Waals surface area (Å²) in [6, 6.07) is 8.15. The van der Waals surface area contributed by atoms with Crippen LogP contribution in [0.5, 0.6) is 0 Å². The fourth-order valence-corrected chi connectivity index (χ4v) is 3.74. The molecule has 2 aromatic rings. The van der Waals surface area contributed by atoms with Crippen molar-refractivity contribution >= 4 is 39.9 Å². The lowest BCUT2D eigenvalue weighted by molar-refractivity contribution is -0.131. The molecule has 3 rings (SSSR count). The van der Waals surface area contributed by atoms with Crippen molar-refractivity contribution in [3.63, 3.8) is 0 Å². The number of carbonyl (C=O) groups is 1. The lowest BCUT2D eigenvalue weighted by atomic mass is 9.82. The molecular formula is C16H22ClN3OS. The van der Waals surface area contributed by atoms with Crippen LogP contribution in [0, 0.1) is 5.41 Å². The number of para-hydroxylation sites is 1. The predicted octanol–water partition coefficient (Wildman–Crippen LogP) is 2.77. The maximum Gasteiger partial charge on any atom is 0.227 e. The van der Waals surface area contributed by atoms with Crippen molar-refractivity contribution in [3.8, 4) is 0 Å². The number of nitrogens with one attached hydrogen (secondary N) is 2. The van der Waals surface area contributed by atoms with Crippen molar-refractivity contribution in [1.82, 2.24) is 15.6 Å². The maximum absolute atomic E-state index is 12.3. The molecule has 0 saturated carbocycles. The van der Waals surface area contributed by atoms with Gasteiger partial charge in [0, 0.05) is 19.5 Å². The van der Waals surface area contributed by atoms with Crippen molar-refractivity contribution in [3.05, 3.63) is 29.3 Å². The number of piperidine rings is 1. The Kier molecular flexibility index (Phi) is 5.78. The molecule has 2 N–H and O–H groups in total. The van der Waals surface area contributed by atoms with E-state index in [1.54, 1.807) is 11.3 Å². The van der Waals surface area contributed by atoms with E-state index in [9.17, 15) is 4.79 Å². The van der Waals surface area contributed by atoms with Gasteiger partial charge in [-0.25, -0.2) is 4.98 Å². The molecule has 1 aromatic carbocycles. The Hall–Kier alpha value is -1.17. The summed E-state index contributed by atoms with van der Waals surface area (Å²) >= 11 is 1.71. The maximum atomic E-state index is 12.3. The highest BCUT2D eigenvalue weighted by Crippen LogP contribution is 2.25. The molecule has 1 aromatic heterocycles. The number of halogens is 1. The summed E-state index contributed by atoms with van der Waals surface area (Å²) in [6.07, 6.45) is 2.84. The summed E-state index contributed by atoms with van der Waals surface area (Å²) in [7, 11) is 0. The molecule has 1 saturated heterocycles. The van der Waals surface area contributed by atoms with Gasteiger partial charge in [0.1, 0.15) is 0 Å². The summed E-state index contributed by atoms with van der Waals surface area (Å²) in [5.74, 6) is 0.163. The first-order chi connectivity index (χ1) is 10.2. The molecule has 1 unspecified atom stereocenters. The monoisotopic (exact) mass is 339 g/mol. The van der Waals surface area contributed by atoms with Crippen LogP contribution in [0.4, 0.5) is 0 Å². The Balaban J connectivity index is 0.00000176. The lowest BCUT2D eigenvalue weighted by Gasteiger charge is -2.32. The third-order valence-corrected chi connectivity index (χ3v) is 5.20. The fraction of sp³-hybridized carbons (Fsp3) is 0.500. The molecule has 120 valence electrons. The Morgan fingerprint density at radius 2 is 2.27 bits per heavy atom. The van der Waals surface area contributed by atoms with E-state index in [4.69, 9.17) is 0 Å². The normalized spacial score (nSPS) is 21.3. The van der Waals surface area contributed by atoms with E-state index in [1.165, 1.54) is 4.70 Å². The van der Waals surface area contributed by atoms with Gasteiger partial charge in [0.15, 0.2) is 0 Å². The van der Waals surface area contributed by atoms with E-state index in [-0.39, 0.29) is 23.7 Å². The number of rotatable bonds is 4. The molecule has 1 fully saturated rings. The van der Waals surface area contributed by atoms with E-state index in [0.717, 1.165) is 42.9 Å². The van der Waals surface area contributed by atoms with Crippen LogP contribution < -0.4 is 10.6 Å².